The molecule has 3 heteroatoms. The summed E-state index contributed by atoms with van der Waals surface area (Å²) in [6, 6.07) is 0.625. The Kier molecular flexibility index (Phi) is 3.98. The number of piperidine rings is 1. The molecule has 1 aliphatic rings. The summed E-state index contributed by atoms with van der Waals surface area (Å²) < 4.78 is 0. The Hall–Kier alpha value is -0.120. The van der Waals surface area contributed by atoms with Gasteiger partial charge < -0.3 is 10.8 Å². The molecule has 0 amide bonds. The molecule has 72 valence electrons. The maximum absolute atomic E-state index is 8.82. The van der Waals surface area contributed by atoms with Crippen LogP contribution in [0.3, 0.4) is 0 Å². The predicted octanol–water partition coefficient (Wildman–Crippen LogP) is 0.0379. The zero-order valence-corrected chi connectivity index (χ0v) is 7.87. The number of aliphatic hydroxyl groups excluding tert-OH is 1. The van der Waals surface area contributed by atoms with Crippen LogP contribution in [-0.2, 0) is 0 Å². The number of aliphatic hydroxyl groups is 1. The van der Waals surface area contributed by atoms with Crippen LogP contribution in [0.25, 0.3) is 0 Å². The van der Waals surface area contributed by atoms with Gasteiger partial charge in [0.15, 0.2) is 0 Å². The van der Waals surface area contributed by atoms with Crippen molar-refractivity contribution in [1.29, 1.82) is 0 Å². The van der Waals surface area contributed by atoms with Gasteiger partial charge in [0.25, 0.3) is 0 Å². The minimum atomic E-state index is 0.266. The minimum Gasteiger partial charge on any atom is -0.395 e. The quantitative estimate of drug-likeness (QED) is 0.632. The van der Waals surface area contributed by atoms with Gasteiger partial charge in [-0.25, -0.2) is 0 Å². The largest absolute Gasteiger partial charge is 0.395 e. The number of likely N-dealkylation sites (tertiary alicyclic amines) is 1. The fourth-order valence-corrected chi connectivity index (χ4v) is 1.89. The predicted molar refractivity (Wildman–Crippen MR) is 49.9 cm³/mol. The highest BCUT2D eigenvalue weighted by molar-refractivity contribution is 4.78. The van der Waals surface area contributed by atoms with Crippen molar-refractivity contribution >= 4 is 0 Å². The van der Waals surface area contributed by atoms with Gasteiger partial charge >= 0.3 is 0 Å². The van der Waals surface area contributed by atoms with E-state index < -0.39 is 0 Å². The summed E-state index contributed by atoms with van der Waals surface area (Å²) in [4.78, 5) is 2.33. The lowest BCUT2D eigenvalue weighted by atomic mass is 9.94. The second-order valence-corrected chi connectivity index (χ2v) is 3.75. The number of hydrogen-bond acceptors (Lipinski definition) is 3. The fraction of sp³-hybridized carbons (Fsp3) is 1.00. The zero-order valence-electron chi connectivity index (χ0n) is 7.87. The first kappa shape index (κ1) is 9.96. The molecule has 0 bridgehead atoms. The first-order valence-corrected chi connectivity index (χ1v) is 4.83. The lowest BCUT2D eigenvalue weighted by molar-refractivity contribution is 0.0966. The molecule has 12 heavy (non-hydrogen) atoms. The Labute approximate surface area is 74.5 Å². The molecule has 1 rings (SSSR count). The van der Waals surface area contributed by atoms with Crippen molar-refractivity contribution < 1.29 is 5.11 Å². The fourth-order valence-electron chi connectivity index (χ4n) is 1.89. The summed E-state index contributed by atoms with van der Waals surface area (Å²) >= 11 is 0. The summed E-state index contributed by atoms with van der Waals surface area (Å²) in [5.41, 5.74) is 5.62. The van der Waals surface area contributed by atoms with Crippen LogP contribution in [0.15, 0.2) is 0 Å². The van der Waals surface area contributed by atoms with Crippen LogP contribution in [0.1, 0.15) is 19.8 Å². The molecule has 3 N–H and O–H groups in total. The molecule has 0 saturated carbocycles. The van der Waals surface area contributed by atoms with Gasteiger partial charge in [0, 0.05) is 19.1 Å². The monoisotopic (exact) mass is 172 g/mol. The third kappa shape index (κ3) is 2.44. The molecule has 3 nitrogen and oxygen atoms in total. The van der Waals surface area contributed by atoms with E-state index in [9.17, 15) is 0 Å². The van der Waals surface area contributed by atoms with Crippen LogP contribution in [0.2, 0.25) is 0 Å². The van der Waals surface area contributed by atoms with Gasteiger partial charge in [0.1, 0.15) is 0 Å². The smallest absolute Gasteiger partial charge is 0.0558 e. The number of hydrogen-bond donors (Lipinski definition) is 2. The summed E-state index contributed by atoms with van der Waals surface area (Å²) in [6.45, 7) is 5.15. The van der Waals surface area contributed by atoms with Crippen molar-refractivity contribution in [1.82, 2.24) is 4.90 Å². The van der Waals surface area contributed by atoms with Crippen molar-refractivity contribution in [3.63, 3.8) is 0 Å². The van der Waals surface area contributed by atoms with Gasteiger partial charge in [0.2, 0.25) is 0 Å². The van der Waals surface area contributed by atoms with Crippen molar-refractivity contribution in [3.8, 4) is 0 Å². The average Bonchev–Trinajstić information content (AvgIpc) is 2.09. The van der Waals surface area contributed by atoms with Gasteiger partial charge in [-0.15, -0.1) is 0 Å². The second kappa shape index (κ2) is 4.80. The topological polar surface area (TPSA) is 49.5 Å². The van der Waals surface area contributed by atoms with E-state index in [2.05, 4.69) is 11.8 Å². The van der Waals surface area contributed by atoms with E-state index >= 15 is 0 Å². The lowest BCUT2D eigenvalue weighted by Crippen LogP contribution is -2.44. The Bertz CT molecular complexity index is 130. The number of rotatable bonds is 3. The highest BCUT2D eigenvalue weighted by atomic mass is 16.3. The van der Waals surface area contributed by atoms with E-state index in [4.69, 9.17) is 10.8 Å². The molecule has 1 aliphatic heterocycles. The second-order valence-electron chi connectivity index (χ2n) is 3.75. The summed E-state index contributed by atoms with van der Waals surface area (Å²) in [5, 5.41) is 8.82. The van der Waals surface area contributed by atoms with E-state index in [1.807, 2.05) is 0 Å². The van der Waals surface area contributed by atoms with Gasteiger partial charge in [-0.1, -0.05) is 0 Å². The average molecular weight is 172 g/mol. The van der Waals surface area contributed by atoms with E-state index in [-0.39, 0.29) is 6.61 Å². The van der Waals surface area contributed by atoms with Crippen LogP contribution in [0, 0.1) is 5.92 Å². The van der Waals surface area contributed by atoms with Gasteiger partial charge in [-0.2, -0.15) is 0 Å². The van der Waals surface area contributed by atoms with Crippen LogP contribution >= 0.6 is 0 Å². The van der Waals surface area contributed by atoms with E-state index in [1.165, 1.54) is 12.8 Å². The molecule has 0 aromatic heterocycles. The van der Waals surface area contributed by atoms with Crippen LogP contribution in [-0.4, -0.2) is 42.3 Å². The van der Waals surface area contributed by atoms with E-state index in [1.54, 1.807) is 0 Å². The number of nitrogens with two attached hydrogens (primary N) is 1. The van der Waals surface area contributed by atoms with Crippen LogP contribution < -0.4 is 5.73 Å². The molecular formula is C9H20N2O. The molecule has 0 aromatic carbocycles. The van der Waals surface area contributed by atoms with Crippen LogP contribution in [0.4, 0.5) is 0 Å². The van der Waals surface area contributed by atoms with Crippen LogP contribution in [0.5, 0.6) is 0 Å². The number of nitrogens with zero attached hydrogens (tertiary/aromatic N) is 1. The molecule has 0 aliphatic carbocycles. The normalized spacial score (nSPS) is 32.2. The summed E-state index contributed by atoms with van der Waals surface area (Å²) in [7, 11) is 0. The SMILES string of the molecule is CC1CCC(CN)CN1CCO. The Morgan fingerprint density at radius 1 is 1.50 bits per heavy atom. The third-order valence-electron chi connectivity index (χ3n) is 2.83. The van der Waals surface area contributed by atoms with E-state index in [0.29, 0.717) is 12.0 Å². The Morgan fingerprint density at radius 3 is 2.83 bits per heavy atom. The molecule has 1 fully saturated rings. The Balaban J connectivity index is 2.36. The van der Waals surface area contributed by atoms with Crippen molar-refractivity contribution in [2.24, 2.45) is 11.7 Å². The van der Waals surface area contributed by atoms with Gasteiger partial charge in [-0.3, -0.25) is 4.90 Å². The molecule has 0 aromatic rings. The highest BCUT2D eigenvalue weighted by Crippen LogP contribution is 2.20. The van der Waals surface area contributed by atoms with E-state index in [0.717, 1.165) is 19.6 Å². The first-order valence-electron chi connectivity index (χ1n) is 4.83. The number of β-amino-alcohol motifs (C(OH)–C–C–N with tert-alkyl or cyclic N) is 1. The molecule has 1 saturated heterocycles. The molecular weight excluding hydrogens is 152 g/mol. The summed E-state index contributed by atoms with van der Waals surface area (Å²) in [5.74, 6) is 0.646. The van der Waals surface area contributed by atoms with Crippen molar-refractivity contribution in [2.75, 3.05) is 26.2 Å². The van der Waals surface area contributed by atoms with Gasteiger partial charge in [-0.05, 0) is 32.2 Å². The zero-order chi connectivity index (χ0) is 8.97. The third-order valence-corrected chi connectivity index (χ3v) is 2.83. The first-order chi connectivity index (χ1) is 5.77. The molecule has 0 spiro atoms. The molecule has 1 heterocycles. The van der Waals surface area contributed by atoms with Crippen molar-refractivity contribution in [2.45, 2.75) is 25.8 Å². The molecule has 0 radical (unpaired) electrons. The van der Waals surface area contributed by atoms with Gasteiger partial charge in [0.05, 0.1) is 6.61 Å². The maximum atomic E-state index is 8.82. The maximum Gasteiger partial charge on any atom is 0.0558 e. The lowest BCUT2D eigenvalue weighted by Gasteiger charge is -2.37. The standard InChI is InChI=1S/C9H20N2O/c1-8-2-3-9(6-10)7-11(8)4-5-12/h8-9,12H,2-7,10H2,1H3. The van der Waals surface area contributed by atoms with Crippen molar-refractivity contribution in [3.05, 3.63) is 0 Å². The Morgan fingerprint density at radius 2 is 2.25 bits per heavy atom. The minimum absolute atomic E-state index is 0.266. The molecule has 2 atom stereocenters. The highest BCUT2D eigenvalue weighted by Gasteiger charge is 2.23. The molecule has 2 unspecified atom stereocenters. The summed E-state index contributed by atoms with van der Waals surface area (Å²) in [6.07, 6.45) is 2.47.